The Morgan fingerprint density at radius 1 is 1.29 bits per heavy atom. The molecule has 0 aromatic carbocycles. The lowest BCUT2D eigenvalue weighted by Crippen LogP contribution is -2.42. The van der Waals surface area contributed by atoms with Gasteiger partial charge in [-0.3, -0.25) is 4.79 Å². The van der Waals surface area contributed by atoms with Gasteiger partial charge in [0.05, 0.1) is 12.1 Å². The summed E-state index contributed by atoms with van der Waals surface area (Å²) in [5.74, 6) is 0.782. The Morgan fingerprint density at radius 3 is 2.76 bits per heavy atom. The molecule has 1 heterocycles. The molecule has 1 saturated carbocycles. The van der Waals surface area contributed by atoms with Crippen molar-refractivity contribution in [3.63, 3.8) is 0 Å². The molecule has 0 radical (unpaired) electrons. The number of rotatable bonds is 4. The van der Waals surface area contributed by atoms with Crippen LogP contribution in [0.1, 0.15) is 38.5 Å². The monoisotopic (exact) mass is 240 g/mol. The van der Waals surface area contributed by atoms with Gasteiger partial charge in [-0.2, -0.15) is 0 Å². The second-order valence-electron chi connectivity index (χ2n) is 5.28. The first-order valence-electron chi connectivity index (χ1n) is 6.82. The molecule has 2 N–H and O–H groups in total. The molecule has 4 heteroatoms. The third-order valence-corrected chi connectivity index (χ3v) is 4.03. The van der Waals surface area contributed by atoms with Crippen molar-refractivity contribution in [2.75, 3.05) is 20.2 Å². The van der Waals surface area contributed by atoms with Crippen molar-refractivity contribution in [3.8, 4) is 0 Å². The highest BCUT2D eigenvalue weighted by Gasteiger charge is 2.29. The van der Waals surface area contributed by atoms with Crippen molar-refractivity contribution >= 4 is 5.91 Å². The number of ether oxygens (including phenoxy) is 1. The fourth-order valence-electron chi connectivity index (χ4n) is 2.99. The molecule has 17 heavy (non-hydrogen) atoms. The third-order valence-electron chi connectivity index (χ3n) is 4.03. The SMILES string of the molecule is COC1CCCC1NC(=O)CC1CCNCC1. The van der Waals surface area contributed by atoms with Crippen LogP contribution in [0, 0.1) is 5.92 Å². The maximum Gasteiger partial charge on any atom is 0.220 e. The van der Waals surface area contributed by atoms with Crippen LogP contribution in [0.25, 0.3) is 0 Å². The molecule has 0 bridgehead atoms. The Morgan fingerprint density at radius 2 is 2.06 bits per heavy atom. The number of methoxy groups -OCH3 is 1. The van der Waals surface area contributed by atoms with Gasteiger partial charge in [-0.15, -0.1) is 0 Å². The number of hydrogen-bond acceptors (Lipinski definition) is 3. The second kappa shape index (κ2) is 6.36. The van der Waals surface area contributed by atoms with Crippen molar-refractivity contribution in [3.05, 3.63) is 0 Å². The van der Waals surface area contributed by atoms with Crippen LogP contribution < -0.4 is 10.6 Å². The lowest BCUT2D eigenvalue weighted by molar-refractivity contribution is -0.123. The molecule has 2 atom stereocenters. The average Bonchev–Trinajstić information content (AvgIpc) is 2.77. The van der Waals surface area contributed by atoms with E-state index in [-0.39, 0.29) is 18.1 Å². The molecule has 1 saturated heterocycles. The molecule has 1 aliphatic heterocycles. The first-order chi connectivity index (χ1) is 8.29. The minimum Gasteiger partial charge on any atom is -0.379 e. The Balaban J connectivity index is 1.72. The van der Waals surface area contributed by atoms with Crippen molar-refractivity contribution in [2.24, 2.45) is 5.92 Å². The van der Waals surface area contributed by atoms with Crippen LogP contribution in [-0.2, 0) is 9.53 Å². The normalized spacial score (nSPS) is 30.4. The highest BCUT2D eigenvalue weighted by Crippen LogP contribution is 2.22. The molecule has 4 nitrogen and oxygen atoms in total. The van der Waals surface area contributed by atoms with Gasteiger partial charge in [0.1, 0.15) is 0 Å². The lowest BCUT2D eigenvalue weighted by Gasteiger charge is -2.24. The third kappa shape index (κ3) is 3.68. The van der Waals surface area contributed by atoms with Gasteiger partial charge in [0.15, 0.2) is 0 Å². The van der Waals surface area contributed by atoms with Crippen molar-refractivity contribution < 1.29 is 9.53 Å². The standard InChI is InChI=1S/C13H24N2O2/c1-17-12-4-2-3-11(12)15-13(16)9-10-5-7-14-8-6-10/h10-12,14H,2-9H2,1H3,(H,15,16). The van der Waals surface area contributed by atoms with Crippen LogP contribution in [0.5, 0.6) is 0 Å². The Hall–Kier alpha value is -0.610. The van der Waals surface area contributed by atoms with Crippen LogP contribution in [0.3, 0.4) is 0 Å². The molecule has 0 spiro atoms. The van der Waals surface area contributed by atoms with E-state index in [4.69, 9.17) is 4.74 Å². The minimum atomic E-state index is 0.214. The van der Waals surface area contributed by atoms with E-state index >= 15 is 0 Å². The first kappa shape index (κ1) is 12.8. The van der Waals surface area contributed by atoms with Crippen LogP contribution in [0.15, 0.2) is 0 Å². The number of piperidine rings is 1. The molecule has 2 unspecified atom stereocenters. The van der Waals surface area contributed by atoms with Gasteiger partial charge in [0.2, 0.25) is 5.91 Å². The number of nitrogens with one attached hydrogen (secondary N) is 2. The Labute approximate surface area is 103 Å². The number of carbonyl (C=O) groups excluding carboxylic acids is 1. The van der Waals surface area contributed by atoms with E-state index in [1.165, 1.54) is 0 Å². The second-order valence-corrected chi connectivity index (χ2v) is 5.28. The molecular formula is C13H24N2O2. The maximum atomic E-state index is 11.9. The summed E-state index contributed by atoms with van der Waals surface area (Å²) in [4.78, 5) is 11.9. The van der Waals surface area contributed by atoms with E-state index in [0.29, 0.717) is 12.3 Å². The van der Waals surface area contributed by atoms with Gasteiger partial charge in [-0.1, -0.05) is 0 Å². The van der Waals surface area contributed by atoms with Crippen LogP contribution in [-0.4, -0.2) is 38.3 Å². The number of amides is 1. The van der Waals surface area contributed by atoms with E-state index in [1.54, 1.807) is 7.11 Å². The quantitative estimate of drug-likeness (QED) is 0.772. The van der Waals surface area contributed by atoms with Gasteiger partial charge in [-0.05, 0) is 51.1 Å². The zero-order valence-electron chi connectivity index (χ0n) is 10.7. The van der Waals surface area contributed by atoms with Crippen molar-refractivity contribution in [2.45, 2.75) is 50.7 Å². The molecule has 0 aromatic heterocycles. The summed E-state index contributed by atoms with van der Waals surface area (Å²) in [6.07, 6.45) is 6.49. The molecule has 2 aliphatic rings. The zero-order valence-corrected chi connectivity index (χ0v) is 10.7. The van der Waals surface area contributed by atoms with E-state index in [9.17, 15) is 4.79 Å². The lowest BCUT2D eigenvalue weighted by atomic mass is 9.94. The number of carbonyl (C=O) groups is 1. The van der Waals surface area contributed by atoms with Gasteiger partial charge >= 0.3 is 0 Å². The van der Waals surface area contributed by atoms with E-state index in [2.05, 4.69) is 10.6 Å². The van der Waals surface area contributed by atoms with Crippen molar-refractivity contribution in [1.29, 1.82) is 0 Å². The highest BCUT2D eigenvalue weighted by molar-refractivity contribution is 5.76. The van der Waals surface area contributed by atoms with Crippen LogP contribution in [0.2, 0.25) is 0 Å². The largest absolute Gasteiger partial charge is 0.379 e. The Kier molecular flexibility index (Phi) is 4.80. The molecule has 1 aliphatic carbocycles. The molecule has 2 rings (SSSR count). The first-order valence-corrected chi connectivity index (χ1v) is 6.82. The summed E-state index contributed by atoms with van der Waals surface area (Å²) in [6.45, 7) is 2.12. The molecule has 2 fully saturated rings. The maximum absolute atomic E-state index is 11.9. The average molecular weight is 240 g/mol. The van der Waals surface area contributed by atoms with E-state index in [0.717, 1.165) is 45.2 Å². The topological polar surface area (TPSA) is 50.4 Å². The fraction of sp³-hybridized carbons (Fsp3) is 0.923. The van der Waals surface area contributed by atoms with Gasteiger partial charge < -0.3 is 15.4 Å². The van der Waals surface area contributed by atoms with Gasteiger partial charge in [-0.25, -0.2) is 0 Å². The fourth-order valence-corrected chi connectivity index (χ4v) is 2.99. The van der Waals surface area contributed by atoms with Gasteiger partial charge in [0.25, 0.3) is 0 Å². The predicted molar refractivity (Wildman–Crippen MR) is 66.8 cm³/mol. The smallest absolute Gasteiger partial charge is 0.220 e. The molecule has 0 aromatic rings. The molecule has 1 amide bonds. The number of hydrogen-bond donors (Lipinski definition) is 2. The predicted octanol–water partition coefficient (Wildman–Crippen LogP) is 1.06. The van der Waals surface area contributed by atoms with Crippen molar-refractivity contribution in [1.82, 2.24) is 10.6 Å². The summed E-state index contributed by atoms with van der Waals surface area (Å²) < 4.78 is 5.39. The van der Waals surface area contributed by atoms with E-state index < -0.39 is 0 Å². The summed E-state index contributed by atoms with van der Waals surface area (Å²) in [5, 5.41) is 6.47. The van der Waals surface area contributed by atoms with Gasteiger partial charge in [0, 0.05) is 13.5 Å². The van der Waals surface area contributed by atoms with E-state index in [1.807, 2.05) is 0 Å². The summed E-state index contributed by atoms with van der Waals surface area (Å²) in [5.41, 5.74) is 0. The summed E-state index contributed by atoms with van der Waals surface area (Å²) >= 11 is 0. The van der Waals surface area contributed by atoms with Crippen LogP contribution >= 0.6 is 0 Å². The molecular weight excluding hydrogens is 216 g/mol. The Bertz CT molecular complexity index is 252. The summed E-state index contributed by atoms with van der Waals surface area (Å²) in [6, 6.07) is 0.245. The minimum absolute atomic E-state index is 0.214. The molecule has 98 valence electrons. The summed E-state index contributed by atoms with van der Waals surface area (Å²) in [7, 11) is 1.74. The zero-order chi connectivity index (χ0) is 12.1. The highest BCUT2D eigenvalue weighted by atomic mass is 16.5. The van der Waals surface area contributed by atoms with Crippen LogP contribution in [0.4, 0.5) is 0 Å².